The van der Waals surface area contributed by atoms with Crippen molar-refractivity contribution in [2.75, 3.05) is 19.7 Å². The molecule has 0 aliphatic heterocycles. The maximum absolute atomic E-state index is 9.10. The van der Waals surface area contributed by atoms with Crippen molar-refractivity contribution >= 4 is 17.2 Å². The molecule has 0 saturated heterocycles. The average molecular weight is 266 g/mol. The summed E-state index contributed by atoms with van der Waals surface area (Å²) in [5.74, 6) is 0.0372. The SMILES string of the molecule is CC(C)N(CCO)CC(C(N)=S)c1ccccc1. The predicted molar refractivity (Wildman–Crippen MR) is 79.8 cm³/mol. The molecule has 1 aromatic rings. The van der Waals surface area contributed by atoms with Crippen molar-refractivity contribution in [3.63, 3.8) is 0 Å². The molecule has 0 spiro atoms. The van der Waals surface area contributed by atoms with Crippen LogP contribution < -0.4 is 5.73 Å². The van der Waals surface area contributed by atoms with Crippen LogP contribution in [0, 0.1) is 0 Å². The van der Waals surface area contributed by atoms with Crippen LogP contribution in [0.3, 0.4) is 0 Å². The van der Waals surface area contributed by atoms with Gasteiger partial charge in [-0.3, -0.25) is 4.90 Å². The van der Waals surface area contributed by atoms with E-state index < -0.39 is 0 Å². The zero-order chi connectivity index (χ0) is 13.5. The zero-order valence-corrected chi connectivity index (χ0v) is 11.9. The van der Waals surface area contributed by atoms with Gasteiger partial charge in [-0.25, -0.2) is 0 Å². The Labute approximate surface area is 115 Å². The molecule has 0 heterocycles. The summed E-state index contributed by atoms with van der Waals surface area (Å²) in [5.41, 5.74) is 6.99. The van der Waals surface area contributed by atoms with Crippen molar-refractivity contribution in [3.8, 4) is 0 Å². The predicted octanol–water partition coefficient (Wildman–Crippen LogP) is 1.76. The van der Waals surface area contributed by atoms with Crippen LogP contribution in [0.2, 0.25) is 0 Å². The third kappa shape index (κ3) is 4.37. The van der Waals surface area contributed by atoms with Crippen molar-refractivity contribution in [3.05, 3.63) is 35.9 Å². The first kappa shape index (κ1) is 15.1. The molecule has 0 saturated carbocycles. The second-order valence-electron chi connectivity index (χ2n) is 4.68. The zero-order valence-electron chi connectivity index (χ0n) is 11.0. The number of rotatable bonds is 7. The van der Waals surface area contributed by atoms with Gasteiger partial charge in [-0.1, -0.05) is 42.5 Å². The highest BCUT2D eigenvalue weighted by atomic mass is 32.1. The minimum Gasteiger partial charge on any atom is -0.395 e. The lowest BCUT2D eigenvalue weighted by Gasteiger charge is -2.30. The largest absolute Gasteiger partial charge is 0.395 e. The van der Waals surface area contributed by atoms with E-state index in [9.17, 15) is 0 Å². The lowest BCUT2D eigenvalue weighted by Crippen LogP contribution is -2.39. The van der Waals surface area contributed by atoms with E-state index in [1.54, 1.807) is 0 Å². The number of aliphatic hydroxyl groups excluding tert-OH is 1. The van der Waals surface area contributed by atoms with E-state index in [2.05, 4.69) is 18.7 Å². The molecule has 0 radical (unpaired) electrons. The highest BCUT2D eigenvalue weighted by Crippen LogP contribution is 2.18. The van der Waals surface area contributed by atoms with Crippen LogP contribution in [0.1, 0.15) is 25.3 Å². The van der Waals surface area contributed by atoms with Crippen LogP contribution in [0.25, 0.3) is 0 Å². The van der Waals surface area contributed by atoms with E-state index in [-0.39, 0.29) is 12.5 Å². The molecule has 0 aromatic heterocycles. The number of aliphatic hydroxyl groups is 1. The summed E-state index contributed by atoms with van der Waals surface area (Å²) in [7, 11) is 0. The Morgan fingerprint density at radius 2 is 1.94 bits per heavy atom. The maximum atomic E-state index is 9.10. The lowest BCUT2D eigenvalue weighted by atomic mass is 9.98. The number of thiocarbonyl (C=S) groups is 1. The fourth-order valence-corrected chi connectivity index (χ4v) is 2.18. The number of nitrogens with two attached hydrogens (primary N) is 1. The molecule has 0 bridgehead atoms. The van der Waals surface area contributed by atoms with Crippen molar-refractivity contribution in [1.29, 1.82) is 0 Å². The van der Waals surface area contributed by atoms with Gasteiger partial charge in [0.25, 0.3) is 0 Å². The van der Waals surface area contributed by atoms with E-state index in [0.717, 1.165) is 12.1 Å². The molecule has 0 fully saturated rings. The van der Waals surface area contributed by atoms with Gasteiger partial charge < -0.3 is 10.8 Å². The van der Waals surface area contributed by atoms with Crippen LogP contribution in [0.5, 0.6) is 0 Å². The number of hydrogen-bond donors (Lipinski definition) is 2. The van der Waals surface area contributed by atoms with Crippen molar-refractivity contribution < 1.29 is 5.11 Å². The average Bonchev–Trinajstić information content (AvgIpc) is 2.34. The van der Waals surface area contributed by atoms with E-state index in [1.165, 1.54) is 0 Å². The smallest absolute Gasteiger partial charge is 0.0816 e. The molecule has 1 rings (SSSR count). The van der Waals surface area contributed by atoms with E-state index in [1.807, 2.05) is 30.3 Å². The molecule has 0 aliphatic carbocycles. The topological polar surface area (TPSA) is 49.5 Å². The van der Waals surface area contributed by atoms with E-state index in [0.29, 0.717) is 17.6 Å². The summed E-state index contributed by atoms with van der Waals surface area (Å²) < 4.78 is 0. The molecule has 1 atom stereocenters. The first-order valence-electron chi connectivity index (χ1n) is 6.25. The van der Waals surface area contributed by atoms with E-state index in [4.69, 9.17) is 23.1 Å². The lowest BCUT2D eigenvalue weighted by molar-refractivity contribution is 0.164. The third-order valence-electron chi connectivity index (χ3n) is 3.08. The van der Waals surface area contributed by atoms with Gasteiger partial charge in [0.15, 0.2) is 0 Å². The Kier molecular flexibility index (Phi) is 6.25. The van der Waals surface area contributed by atoms with E-state index >= 15 is 0 Å². The molecule has 4 heteroatoms. The summed E-state index contributed by atoms with van der Waals surface area (Å²) in [6.07, 6.45) is 0. The summed E-state index contributed by atoms with van der Waals surface area (Å²) in [6, 6.07) is 10.4. The second kappa shape index (κ2) is 7.46. The molecule has 0 aliphatic rings. The first-order valence-corrected chi connectivity index (χ1v) is 6.66. The molecule has 3 N–H and O–H groups in total. The fourth-order valence-electron chi connectivity index (χ4n) is 1.97. The summed E-state index contributed by atoms with van der Waals surface area (Å²) in [6.45, 7) is 5.76. The van der Waals surface area contributed by atoms with Gasteiger partial charge in [-0.05, 0) is 19.4 Å². The molecule has 18 heavy (non-hydrogen) atoms. The first-order chi connectivity index (χ1) is 8.56. The Morgan fingerprint density at radius 3 is 2.39 bits per heavy atom. The molecule has 0 amide bonds. The van der Waals surface area contributed by atoms with Gasteiger partial charge in [-0.2, -0.15) is 0 Å². The Balaban J connectivity index is 2.83. The highest BCUT2D eigenvalue weighted by Gasteiger charge is 2.20. The third-order valence-corrected chi connectivity index (χ3v) is 3.36. The second-order valence-corrected chi connectivity index (χ2v) is 5.15. The molecular weight excluding hydrogens is 244 g/mol. The van der Waals surface area contributed by atoms with Crippen molar-refractivity contribution in [2.24, 2.45) is 5.73 Å². The van der Waals surface area contributed by atoms with Crippen molar-refractivity contribution in [1.82, 2.24) is 4.90 Å². The maximum Gasteiger partial charge on any atom is 0.0816 e. The molecule has 100 valence electrons. The normalized spacial score (nSPS) is 12.9. The number of benzene rings is 1. The summed E-state index contributed by atoms with van der Waals surface area (Å²) >= 11 is 5.18. The Bertz CT molecular complexity index is 367. The highest BCUT2D eigenvalue weighted by molar-refractivity contribution is 7.80. The van der Waals surface area contributed by atoms with Crippen molar-refractivity contribution in [2.45, 2.75) is 25.8 Å². The van der Waals surface area contributed by atoms with Gasteiger partial charge in [0, 0.05) is 25.0 Å². The van der Waals surface area contributed by atoms with Crippen LogP contribution in [0.15, 0.2) is 30.3 Å². The monoisotopic (exact) mass is 266 g/mol. The summed E-state index contributed by atoms with van der Waals surface area (Å²) in [4.78, 5) is 2.70. The summed E-state index contributed by atoms with van der Waals surface area (Å²) in [5, 5.41) is 9.10. The standard InChI is InChI=1S/C14H22N2OS/c1-11(2)16(8-9-17)10-13(14(15)18)12-6-4-3-5-7-12/h3-7,11,13,17H,8-10H2,1-2H3,(H2,15,18). The van der Waals surface area contributed by atoms with Crippen LogP contribution in [-0.2, 0) is 0 Å². The fraction of sp³-hybridized carbons (Fsp3) is 0.500. The van der Waals surface area contributed by atoms with Crippen LogP contribution in [0.4, 0.5) is 0 Å². The number of hydrogen-bond acceptors (Lipinski definition) is 3. The van der Waals surface area contributed by atoms with Gasteiger partial charge in [-0.15, -0.1) is 0 Å². The van der Waals surface area contributed by atoms with Crippen LogP contribution >= 0.6 is 12.2 Å². The Hall–Kier alpha value is -0.970. The molecule has 1 aromatic carbocycles. The van der Waals surface area contributed by atoms with Gasteiger partial charge in [0.2, 0.25) is 0 Å². The van der Waals surface area contributed by atoms with Crippen LogP contribution in [-0.4, -0.2) is 40.7 Å². The van der Waals surface area contributed by atoms with Gasteiger partial charge >= 0.3 is 0 Å². The minimum absolute atomic E-state index is 0.0372. The minimum atomic E-state index is 0.0372. The number of nitrogens with zero attached hydrogens (tertiary/aromatic N) is 1. The molecular formula is C14H22N2OS. The molecule has 3 nitrogen and oxygen atoms in total. The van der Waals surface area contributed by atoms with Gasteiger partial charge in [0.05, 0.1) is 11.6 Å². The Morgan fingerprint density at radius 1 is 1.33 bits per heavy atom. The molecule has 1 unspecified atom stereocenters. The van der Waals surface area contributed by atoms with Gasteiger partial charge in [0.1, 0.15) is 0 Å². The quantitative estimate of drug-likeness (QED) is 0.738.